The number of halogens is 2. The number of amides is 1. The van der Waals surface area contributed by atoms with Crippen LogP contribution in [0.2, 0.25) is 10.0 Å². The van der Waals surface area contributed by atoms with Gasteiger partial charge in [0.2, 0.25) is 5.91 Å². The SMILES string of the molecule is CN(Cc1ccccn1)C(=O)Cc1ccc(NS(=O)(=O)c2ccc(Cl)c(Cl)c2)cc1. The normalized spacial score (nSPS) is 11.2. The van der Waals surface area contributed by atoms with Crippen LogP contribution < -0.4 is 4.72 Å². The number of hydrogen-bond donors (Lipinski definition) is 1. The Balaban J connectivity index is 1.63. The third-order valence-electron chi connectivity index (χ3n) is 4.31. The number of sulfonamides is 1. The summed E-state index contributed by atoms with van der Waals surface area (Å²) in [6.45, 7) is 0.418. The molecular formula is C21H19Cl2N3O3S. The fourth-order valence-electron chi connectivity index (χ4n) is 2.68. The summed E-state index contributed by atoms with van der Waals surface area (Å²) in [4.78, 5) is 18.3. The van der Waals surface area contributed by atoms with Crippen molar-refractivity contribution in [3.8, 4) is 0 Å². The van der Waals surface area contributed by atoms with Crippen molar-refractivity contribution >= 4 is 44.8 Å². The summed E-state index contributed by atoms with van der Waals surface area (Å²) in [5, 5.41) is 0.431. The molecule has 30 heavy (non-hydrogen) atoms. The van der Waals surface area contributed by atoms with E-state index < -0.39 is 10.0 Å². The maximum Gasteiger partial charge on any atom is 0.261 e. The lowest BCUT2D eigenvalue weighted by atomic mass is 10.1. The fourth-order valence-corrected chi connectivity index (χ4v) is 4.13. The summed E-state index contributed by atoms with van der Waals surface area (Å²) in [5.41, 5.74) is 1.95. The van der Waals surface area contributed by atoms with Crippen LogP contribution in [0.15, 0.2) is 71.8 Å². The smallest absolute Gasteiger partial charge is 0.261 e. The van der Waals surface area contributed by atoms with Crippen LogP contribution in [0, 0.1) is 0 Å². The van der Waals surface area contributed by atoms with Crippen molar-refractivity contribution in [1.29, 1.82) is 0 Å². The molecule has 0 spiro atoms. The maximum atomic E-state index is 12.5. The van der Waals surface area contributed by atoms with E-state index in [2.05, 4.69) is 9.71 Å². The first-order valence-corrected chi connectivity index (χ1v) is 11.2. The van der Waals surface area contributed by atoms with Gasteiger partial charge in [0.15, 0.2) is 0 Å². The number of aromatic nitrogens is 1. The molecule has 1 amide bonds. The number of anilines is 1. The molecule has 2 aromatic carbocycles. The van der Waals surface area contributed by atoms with Crippen molar-refractivity contribution in [3.05, 3.63) is 88.2 Å². The third-order valence-corrected chi connectivity index (χ3v) is 6.43. The van der Waals surface area contributed by atoms with Crippen LogP contribution in [-0.4, -0.2) is 31.3 Å². The molecule has 0 saturated carbocycles. The first-order valence-electron chi connectivity index (χ1n) is 8.95. The number of benzene rings is 2. The zero-order valence-electron chi connectivity index (χ0n) is 16.0. The topological polar surface area (TPSA) is 79.4 Å². The van der Waals surface area contributed by atoms with Gasteiger partial charge < -0.3 is 4.90 Å². The minimum atomic E-state index is -3.81. The van der Waals surface area contributed by atoms with Gasteiger partial charge in [-0.3, -0.25) is 14.5 Å². The average Bonchev–Trinajstić information content (AvgIpc) is 2.72. The first-order chi connectivity index (χ1) is 14.2. The number of nitrogens with one attached hydrogen (secondary N) is 1. The Bertz CT molecular complexity index is 1140. The van der Waals surface area contributed by atoms with Crippen molar-refractivity contribution in [2.45, 2.75) is 17.9 Å². The molecule has 0 aliphatic rings. The predicted octanol–water partition coefficient (Wildman–Crippen LogP) is 4.39. The van der Waals surface area contributed by atoms with Gasteiger partial charge in [-0.1, -0.05) is 41.4 Å². The van der Waals surface area contributed by atoms with Gasteiger partial charge in [0.05, 0.1) is 33.6 Å². The summed E-state index contributed by atoms with van der Waals surface area (Å²) in [6.07, 6.45) is 1.88. The number of likely N-dealkylation sites (N-methyl/N-ethyl adjacent to an activating group) is 1. The molecule has 156 valence electrons. The zero-order chi connectivity index (χ0) is 21.7. The molecule has 9 heteroatoms. The van der Waals surface area contributed by atoms with Crippen molar-refractivity contribution in [2.24, 2.45) is 0 Å². The summed E-state index contributed by atoms with van der Waals surface area (Å²) < 4.78 is 27.5. The van der Waals surface area contributed by atoms with Gasteiger partial charge in [-0.05, 0) is 48.0 Å². The van der Waals surface area contributed by atoms with Gasteiger partial charge >= 0.3 is 0 Å². The number of hydrogen-bond acceptors (Lipinski definition) is 4. The van der Waals surface area contributed by atoms with Crippen LogP contribution in [0.1, 0.15) is 11.3 Å². The van der Waals surface area contributed by atoms with Crippen LogP contribution in [0.25, 0.3) is 0 Å². The lowest BCUT2D eigenvalue weighted by molar-refractivity contribution is -0.129. The Morgan fingerprint density at radius 1 is 1.03 bits per heavy atom. The van der Waals surface area contributed by atoms with E-state index in [9.17, 15) is 13.2 Å². The van der Waals surface area contributed by atoms with Gasteiger partial charge in [-0.15, -0.1) is 0 Å². The Morgan fingerprint density at radius 3 is 2.40 bits per heavy atom. The van der Waals surface area contributed by atoms with Crippen molar-refractivity contribution in [2.75, 3.05) is 11.8 Å². The molecule has 3 rings (SSSR count). The highest BCUT2D eigenvalue weighted by Gasteiger charge is 2.16. The molecule has 0 bridgehead atoms. The fraction of sp³-hybridized carbons (Fsp3) is 0.143. The highest BCUT2D eigenvalue weighted by Crippen LogP contribution is 2.26. The predicted molar refractivity (Wildman–Crippen MR) is 118 cm³/mol. The van der Waals surface area contributed by atoms with Crippen LogP contribution >= 0.6 is 23.2 Å². The second-order valence-corrected chi connectivity index (χ2v) is 9.12. The molecule has 0 radical (unpaired) electrons. The third kappa shape index (κ3) is 5.72. The summed E-state index contributed by atoms with van der Waals surface area (Å²) in [6, 6.07) is 16.3. The monoisotopic (exact) mass is 463 g/mol. The van der Waals surface area contributed by atoms with Gasteiger partial charge in [0, 0.05) is 18.9 Å². The molecule has 1 heterocycles. The molecule has 6 nitrogen and oxygen atoms in total. The second kappa shape index (κ2) is 9.47. The van der Waals surface area contributed by atoms with Crippen molar-refractivity contribution in [3.63, 3.8) is 0 Å². The molecule has 0 unspecified atom stereocenters. The molecule has 1 N–H and O–H groups in total. The van der Waals surface area contributed by atoms with Gasteiger partial charge in [-0.2, -0.15) is 0 Å². The van der Waals surface area contributed by atoms with E-state index in [0.29, 0.717) is 12.2 Å². The second-order valence-electron chi connectivity index (χ2n) is 6.63. The Kier molecular flexibility index (Phi) is 6.97. The van der Waals surface area contributed by atoms with E-state index in [1.165, 1.54) is 18.2 Å². The van der Waals surface area contributed by atoms with E-state index in [1.807, 2.05) is 18.2 Å². The van der Waals surface area contributed by atoms with E-state index in [4.69, 9.17) is 23.2 Å². The highest BCUT2D eigenvalue weighted by atomic mass is 35.5. The van der Waals surface area contributed by atoms with E-state index >= 15 is 0 Å². The van der Waals surface area contributed by atoms with Gasteiger partial charge in [-0.25, -0.2) is 8.42 Å². The zero-order valence-corrected chi connectivity index (χ0v) is 18.4. The summed E-state index contributed by atoms with van der Waals surface area (Å²) >= 11 is 11.7. The van der Waals surface area contributed by atoms with Crippen LogP contribution in [0.5, 0.6) is 0 Å². The number of nitrogens with zero attached hydrogens (tertiary/aromatic N) is 2. The lowest BCUT2D eigenvalue weighted by Gasteiger charge is -2.17. The van der Waals surface area contributed by atoms with Crippen LogP contribution in [0.4, 0.5) is 5.69 Å². The highest BCUT2D eigenvalue weighted by molar-refractivity contribution is 7.92. The minimum absolute atomic E-state index is 0.00676. The Hall–Kier alpha value is -2.61. The molecule has 0 aliphatic carbocycles. The average molecular weight is 464 g/mol. The molecule has 0 saturated heterocycles. The number of carbonyl (C=O) groups is 1. The lowest BCUT2D eigenvalue weighted by Crippen LogP contribution is -2.28. The van der Waals surface area contributed by atoms with Gasteiger partial charge in [0.25, 0.3) is 10.0 Å². The molecule has 3 aromatic rings. The molecule has 0 atom stereocenters. The van der Waals surface area contributed by atoms with Crippen molar-refractivity contribution < 1.29 is 13.2 Å². The van der Waals surface area contributed by atoms with E-state index in [-0.39, 0.29) is 27.3 Å². The number of pyridine rings is 1. The minimum Gasteiger partial charge on any atom is -0.340 e. The molecule has 0 fully saturated rings. The van der Waals surface area contributed by atoms with Crippen molar-refractivity contribution in [1.82, 2.24) is 9.88 Å². The molecule has 1 aromatic heterocycles. The Morgan fingerprint density at radius 2 is 1.77 bits per heavy atom. The van der Waals surface area contributed by atoms with Gasteiger partial charge in [0.1, 0.15) is 0 Å². The molecular weight excluding hydrogens is 445 g/mol. The summed E-state index contributed by atoms with van der Waals surface area (Å²) in [7, 11) is -2.09. The maximum absolute atomic E-state index is 12.5. The Labute approximate surface area is 185 Å². The van der Waals surface area contributed by atoms with Crippen LogP contribution in [-0.2, 0) is 27.8 Å². The largest absolute Gasteiger partial charge is 0.340 e. The van der Waals surface area contributed by atoms with Crippen LogP contribution in [0.3, 0.4) is 0 Å². The van der Waals surface area contributed by atoms with E-state index in [0.717, 1.165) is 11.3 Å². The molecule has 0 aliphatic heterocycles. The quantitative estimate of drug-likeness (QED) is 0.563. The summed E-state index contributed by atoms with van der Waals surface area (Å²) in [5.74, 6) is -0.0650. The van der Waals surface area contributed by atoms with E-state index in [1.54, 1.807) is 42.4 Å². The number of carbonyl (C=O) groups excluding carboxylic acids is 1. The number of rotatable bonds is 7. The standard InChI is InChI=1S/C21H19Cl2N3O3S/c1-26(14-17-4-2-3-11-24-17)21(27)12-15-5-7-16(8-6-15)25-30(28,29)18-9-10-19(22)20(23)13-18/h2-11,13,25H,12,14H2,1H3. The first kappa shape index (κ1) is 22.1.